The van der Waals surface area contributed by atoms with Gasteiger partial charge < -0.3 is 5.32 Å². The minimum absolute atomic E-state index is 0.494. The molecule has 1 amide bonds. The van der Waals surface area contributed by atoms with E-state index >= 15 is 0 Å². The maximum absolute atomic E-state index is 10.9. The van der Waals surface area contributed by atoms with E-state index in [9.17, 15) is 4.79 Å². The number of thioether (sulfide) groups is 1. The van der Waals surface area contributed by atoms with Crippen LogP contribution in [0.2, 0.25) is 0 Å². The Kier molecular flexibility index (Phi) is 5.53. The summed E-state index contributed by atoms with van der Waals surface area (Å²) in [6.07, 6.45) is 6.42. The molecule has 0 aromatic heterocycles. The number of amides is 1. The van der Waals surface area contributed by atoms with Crippen LogP contribution in [0.5, 0.6) is 0 Å². The molecule has 0 atom stereocenters. The van der Waals surface area contributed by atoms with Crippen LogP contribution in [-0.2, 0) is 4.84 Å². The van der Waals surface area contributed by atoms with Crippen LogP contribution in [0, 0.1) is 5.92 Å². The number of nitrogens with zero attached hydrogens (tertiary/aromatic N) is 1. The van der Waals surface area contributed by atoms with Crippen molar-refractivity contribution in [3.05, 3.63) is 0 Å². The van der Waals surface area contributed by atoms with E-state index in [0.29, 0.717) is 5.92 Å². The van der Waals surface area contributed by atoms with Crippen LogP contribution in [-0.4, -0.2) is 30.9 Å². The van der Waals surface area contributed by atoms with Gasteiger partial charge in [-0.05, 0) is 19.1 Å². The summed E-state index contributed by atoms with van der Waals surface area (Å²) in [4.78, 5) is 15.6. The van der Waals surface area contributed by atoms with Crippen molar-refractivity contribution in [2.24, 2.45) is 11.1 Å². The molecule has 1 aliphatic carbocycles. The molecule has 15 heavy (non-hydrogen) atoms. The lowest BCUT2D eigenvalue weighted by Crippen LogP contribution is -2.20. The fourth-order valence-electron chi connectivity index (χ4n) is 1.77. The number of oxime groups is 1. The van der Waals surface area contributed by atoms with E-state index in [-0.39, 0.29) is 0 Å². The van der Waals surface area contributed by atoms with Crippen molar-refractivity contribution in [1.82, 2.24) is 5.32 Å². The summed E-state index contributed by atoms with van der Waals surface area (Å²) < 4.78 is 0. The van der Waals surface area contributed by atoms with Crippen LogP contribution in [0.15, 0.2) is 5.16 Å². The molecule has 0 aromatic rings. The van der Waals surface area contributed by atoms with Gasteiger partial charge in [0.2, 0.25) is 0 Å². The molecule has 1 rings (SSSR count). The highest BCUT2D eigenvalue weighted by Crippen LogP contribution is 2.27. The van der Waals surface area contributed by atoms with E-state index in [4.69, 9.17) is 4.84 Å². The van der Waals surface area contributed by atoms with Gasteiger partial charge in [-0.3, -0.25) is 4.84 Å². The molecule has 1 saturated carbocycles. The summed E-state index contributed by atoms with van der Waals surface area (Å²) >= 11 is 1.71. The van der Waals surface area contributed by atoms with Crippen molar-refractivity contribution in [3.63, 3.8) is 0 Å². The summed E-state index contributed by atoms with van der Waals surface area (Å²) in [5, 5.41) is 6.33. The Balaban J connectivity index is 2.51. The third kappa shape index (κ3) is 4.11. The second-order valence-electron chi connectivity index (χ2n) is 3.63. The molecule has 4 nitrogen and oxygen atoms in total. The highest BCUT2D eigenvalue weighted by atomic mass is 32.2. The molecule has 0 saturated heterocycles. The van der Waals surface area contributed by atoms with Gasteiger partial charge >= 0.3 is 6.09 Å². The zero-order chi connectivity index (χ0) is 11.1. The fourth-order valence-corrected chi connectivity index (χ4v) is 2.36. The number of nitrogens with one attached hydrogen (secondary N) is 1. The molecule has 1 aliphatic rings. The van der Waals surface area contributed by atoms with Crippen molar-refractivity contribution >= 4 is 23.6 Å². The molecule has 0 unspecified atom stereocenters. The monoisotopic (exact) mass is 230 g/mol. The third-order valence-electron chi connectivity index (χ3n) is 2.57. The number of rotatable bonds is 4. The molecule has 0 aromatic carbocycles. The van der Waals surface area contributed by atoms with E-state index < -0.39 is 6.09 Å². The number of carbonyl (C=O) groups excluding carboxylic acids is 1. The predicted octanol–water partition coefficient (Wildman–Crippen LogP) is 2.25. The summed E-state index contributed by atoms with van der Waals surface area (Å²) in [6.45, 7) is 0. The molecule has 0 radical (unpaired) electrons. The predicted molar refractivity (Wildman–Crippen MR) is 63.3 cm³/mol. The minimum atomic E-state index is -0.494. The van der Waals surface area contributed by atoms with Crippen LogP contribution in [0.4, 0.5) is 4.79 Å². The van der Waals surface area contributed by atoms with Gasteiger partial charge in [0.15, 0.2) is 0 Å². The minimum Gasteiger partial charge on any atom is -0.323 e. The van der Waals surface area contributed by atoms with Crippen LogP contribution < -0.4 is 5.32 Å². The van der Waals surface area contributed by atoms with Crippen LogP contribution in [0.1, 0.15) is 25.7 Å². The second kappa shape index (κ2) is 6.71. The van der Waals surface area contributed by atoms with E-state index in [2.05, 4.69) is 10.5 Å². The topological polar surface area (TPSA) is 50.7 Å². The van der Waals surface area contributed by atoms with Gasteiger partial charge in [0.25, 0.3) is 0 Å². The molecule has 1 N–H and O–H groups in total. The highest BCUT2D eigenvalue weighted by molar-refractivity contribution is 7.99. The van der Waals surface area contributed by atoms with Gasteiger partial charge in [-0.25, -0.2) is 4.79 Å². The molecular weight excluding hydrogens is 212 g/mol. The summed E-state index contributed by atoms with van der Waals surface area (Å²) in [7, 11) is 1.53. The standard InChI is InChI=1S/C10H18N2O2S/c1-11-10(13)14-12-9(7-15-2)8-5-3-4-6-8/h8H,3-7H2,1-2H3,(H,11,13). The van der Waals surface area contributed by atoms with Gasteiger partial charge in [0.1, 0.15) is 0 Å². The molecular formula is C10H18N2O2S. The van der Waals surface area contributed by atoms with Crippen LogP contribution in [0.3, 0.4) is 0 Å². The molecule has 86 valence electrons. The molecule has 0 heterocycles. The number of carbonyl (C=O) groups is 1. The average Bonchev–Trinajstić information content (AvgIpc) is 2.76. The van der Waals surface area contributed by atoms with Gasteiger partial charge in [0, 0.05) is 18.7 Å². The van der Waals surface area contributed by atoms with Crippen molar-refractivity contribution in [1.29, 1.82) is 0 Å². The summed E-state index contributed by atoms with van der Waals surface area (Å²) in [5.41, 5.74) is 1.02. The van der Waals surface area contributed by atoms with Crippen LogP contribution >= 0.6 is 11.8 Å². The van der Waals surface area contributed by atoms with Crippen molar-refractivity contribution in [2.45, 2.75) is 25.7 Å². The lowest BCUT2D eigenvalue weighted by molar-refractivity contribution is 0.152. The first-order valence-electron chi connectivity index (χ1n) is 5.22. The highest BCUT2D eigenvalue weighted by Gasteiger charge is 2.21. The van der Waals surface area contributed by atoms with Gasteiger partial charge in [-0.2, -0.15) is 11.8 Å². The third-order valence-corrected chi connectivity index (χ3v) is 3.15. The fraction of sp³-hybridized carbons (Fsp3) is 0.800. The second-order valence-corrected chi connectivity index (χ2v) is 4.49. The quantitative estimate of drug-likeness (QED) is 0.458. The number of hydrogen-bond donors (Lipinski definition) is 1. The average molecular weight is 230 g/mol. The Bertz CT molecular complexity index is 238. The van der Waals surface area contributed by atoms with Gasteiger partial charge in [-0.15, -0.1) is 0 Å². The first kappa shape index (κ1) is 12.4. The smallest absolute Gasteiger partial charge is 0.323 e. The molecule has 5 heteroatoms. The Labute approximate surface area is 94.8 Å². The molecule has 0 bridgehead atoms. The van der Waals surface area contributed by atoms with Gasteiger partial charge in [-0.1, -0.05) is 18.0 Å². The Morgan fingerprint density at radius 3 is 2.73 bits per heavy atom. The van der Waals surface area contributed by atoms with E-state index in [1.807, 2.05) is 6.26 Å². The van der Waals surface area contributed by atoms with E-state index in [1.165, 1.54) is 32.7 Å². The first-order valence-corrected chi connectivity index (χ1v) is 6.61. The van der Waals surface area contributed by atoms with Crippen LogP contribution in [0.25, 0.3) is 0 Å². The largest absolute Gasteiger partial charge is 0.433 e. The Hall–Kier alpha value is -0.710. The van der Waals surface area contributed by atoms with Crippen molar-refractivity contribution in [3.8, 4) is 0 Å². The SMILES string of the molecule is CNC(=O)ON=C(CSC)C1CCCC1. The molecule has 1 fully saturated rings. The van der Waals surface area contributed by atoms with E-state index in [0.717, 1.165) is 11.5 Å². The molecule has 0 aliphatic heterocycles. The van der Waals surface area contributed by atoms with Crippen molar-refractivity contribution < 1.29 is 9.63 Å². The maximum Gasteiger partial charge on any atom is 0.433 e. The zero-order valence-corrected chi connectivity index (χ0v) is 10.1. The first-order chi connectivity index (χ1) is 7.27. The Morgan fingerprint density at radius 2 is 2.20 bits per heavy atom. The molecule has 0 spiro atoms. The van der Waals surface area contributed by atoms with Crippen molar-refractivity contribution in [2.75, 3.05) is 19.1 Å². The lowest BCUT2D eigenvalue weighted by atomic mass is 10.0. The Morgan fingerprint density at radius 1 is 1.53 bits per heavy atom. The van der Waals surface area contributed by atoms with E-state index in [1.54, 1.807) is 11.8 Å². The lowest BCUT2D eigenvalue weighted by Gasteiger charge is -2.10. The summed E-state index contributed by atoms with van der Waals surface area (Å²) in [6, 6.07) is 0. The summed E-state index contributed by atoms with van der Waals surface area (Å²) in [5.74, 6) is 1.36. The maximum atomic E-state index is 10.9. The number of hydrogen-bond acceptors (Lipinski definition) is 4. The van der Waals surface area contributed by atoms with Gasteiger partial charge in [0.05, 0.1) is 5.71 Å². The zero-order valence-electron chi connectivity index (χ0n) is 9.28. The normalized spacial score (nSPS) is 17.9.